The van der Waals surface area contributed by atoms with E-state index in [1.54, 1.807) is 0 Å². The summed E-state index contributed by atoms with van der Waals surface area (Å²) in [7, 11) is 0. The first-order valence-corrected chi connectivity index (χ1v) is 6.71. The molecular weight excluding hydrogens is 210 g/mol. The minimum atomic E-state index is 0.408. The highest BCUT2D eigenvalue weighted by atomic mass is 16.5. The predicted molar refractivity (Wildman–Crippen MR) is 73.7 cm³/mol. The lowest BCUT2D eigenvalue weighted by Crippen LogP contribution is -2.32. The molecule has 0 aliphatic heterocycles. The van der Waals surface area contributed by atoms with Crippen molar-refractivity contribution >= 4 is 0 Å². The summed E-state index contributed by atoms with van der Waals surface area (Å²) >= 11 is 0. The fourth-order valence-corrected chi connectivity index (χ4v) is 1.71. The van der Waals surface area contributed by atoms with E-state index in [-0.39, 0.29) is 0 Å². The molecule has 96 valence electrons. The van der Waals surface area contributed by atoms with Crippen LogP contribution in [0, 0.1) is 0 Å². The number of benzene rings is 1. The van der Waals surface area contributed by atoms with Crippen LogP contribution in [0.1, 0.15) is 39.2 Å². The van der Waals surface area contributed by atoms with E-state index in [1.807, 2.05) is 0 Å². The third kappa shape index (κ3) is 5.73. The molecule has 0 aliphatic carbocycles. The Kier molecular flexibility index (Phi) is 6.71. The van der Waals surface area contributed by atoms with Crippen molar-refractivity contribution in [3.8, 4) is 5.75 Å². The third-order valence-electron chi connectivity index (χ3n) is 2.70. The zero-order chi connectivity index (χ0) is 12.5. The molecule has 0 heterocycles. The smallest absolute Gasteiger partial charge is 0.119 e. The Morgan fingerprint density at radius 2 is 1.82 bits per heavy atom. The molecule has 1 rings (SSSR count). The molecule has 0 bridgehead atoms. The van der Waals surface area contributed by atoms with Gasteiger partial charge in [-0.2, -0.15) is 0 Å². The van der Waals surface area contributed by atoms with Crippen LogP contribution >= 0.6 is 0 Å². The molecule has 17 heavy (non-hydrogen) atoms. The average Bonchev–Trinajstić information content (AvgIpc) is 2.36. The molecular formula is C15H25NO. The predicted octanol–water partition coefficient (Wildman–Crippen LogP) is 3.41. The molecule has 0 aromatic heterocycles. The van der Waals surface area contributed by atoms with Gasteiger partial charge in [0, 0.05) is 6.04 Å². The van der Waals surface area contributed by atoms with Crippen LogP contribution in [-0.4, -0.2) is 19.2 Å². The van der Waals surface area contributed by atoms with E-state index in [4.69, 9.17) is 4.74 Å². The number of aryl methyl sites for hydroxylation is 1. The fourth-order valence-electron chi connectivity index (χ4n) is 1.71. The molecule has 2 nitrogen and oxygen atoms in total. The van der Waals surface area contributed by atoms with Crippen molar-refractivity contribution in [2.24, 2.45) is 0 Å². The largest absolute Gasteiger partial charge is 0.492 e. The van der Waals surface area contributed by atoms with Crippen LogP contribution in [0.25, 0.3) is 0 Å². The first kappa shape index (κ1) is 14.0. The Bertz CT molecular complexity index is 294. The molecule has 1 aromatic rings. The Balaban J connectivity index is 2.31. The van der Waals surface area contributed by atoms with Crippen LogP contribution < -0.4 is 10.1 Å². The fraction of sp³-hybridized carbons (Fsp3) is 0.600. The molecule has 0 radical (unpaired) electrons. The molecule has 1 N–H and O–H groups in total. The van der Waals surface area contributed by atoms with Gasteiger partial charge in [0.05, 0.1) is 0 Å². The van der Waals surface area contributed by atoms with Gasteiger partial charge in [-0.1, -0.05) is 32.4 Å². The van der Waals surface area contributed by atoms with Crippen LogP contribution in [0.2, 0.25) is 0 Å². The van der Waals surface area contributed by atoms with Gasteiger partial charge in [-0.3, -0.25) is 0 Å². The minimum Gasteiger partial charge on any atom is -0.492 e. The summed E-state index contributed by atoms with van der Waals surface area (Å²) in [5, 5.41) is 3.41. The molecule has 1 unspecified atom stereocenters. The van der Waals surface area contributed by atoms with E-state index in [0.717, 1.165) is 31.7 Å². The monoisotopic (exact) mass is 235 g/mol. The maximum atomic E-state index is 5.74. The molecule has 0 saturated carbocycles. The van der Waals surface area contributed by atoms with Gasteiger partial charge in [-0.25, -0.2) is 0 Å². The van der Waals surface area contributed by atoms with Gasteiger partial charge in [-0.05, 0) is 44.0 Å². The molecule has 0 fully saturated rings. The maximum absolute atomic E-state index is 5.74. The van der Waals surface area contributed by atoms with Gasteiger partial charge < -0.3 is 10.1 Å². The van der Waals surface area contributed by atoms with Crippen LogP contribution in [0.15, 0.2) is 24.3 Å². The van der Waals surface area contributed by atoms with E-state index >= 15 is 0 Å². The van der Waals surface area contributed by atoms with Crippen molar-refractivity contribution in [2.45, 2.75) is 46.1 Å². The summed E-state index contributed by atoms with van der Waals surface area (Å²) in [6.45, 7) is 8.31. The average molecular weight is 235 g/mol. The summed E-state index contributed by atoms with van der Waals surface area (Å²) in [6.07, 6.45) is 3.50. The van der Waals surface area contributed by atoms with Gasteiger partial charge in [0.15, 0.2) is 0 Å². The highest BCUT2D eigenvalue weighted by Crippen LogP contribution is 2.13. The quantitative estimate of drug-likeness (QED) is 0.745. The lowest BCUT2D eigenvalue weighted by atomic mass is 10.1. The third-order valence-corrected chi connectivity index (χ3v) is 2.70. The van der Waals surface area contributed by atoms with Crippen LogP contribution in [0.4, 0.5) is 0 Å². The molecule has 0 aliphatic rings. The Morgan fingerprint density at radius 1 is 1.12 bits per heavy atom. The lowest BCUT2D eigenvalue weighted by Gasteiger charge is -2.14. The number of nitrogens with one attached hydrogen (secondary N) is 1. The summed E-state index contributed by atoms with van der Waals surface area (Å²) in [4.78, 5) is 0. The van der Waals surface area contributed by atoms with E-state index < -0.39 is 0 Å². The summed E-state index contributed by atoms with van der Waals surface area (Å²) < 4.78 is 5.74. The summed E-state index contributed by atoms with van der Waals surface area (Å²) in [5.41, 5.74) is 1.39. The van der Waals surface area contributed by atoms with E-state index in [2.05, 4.69) is 50.4 Å². The Labute approximate surface area is 105 Å². The van der Waals surface area contributed by atoms with Gasteiger partial charge in [0.25, 0.3) is 0 Å². The SMILES string of the molecule is CCCNC(C)COc1ccc(CCC)cc1. The summed E-state index contributed by atoms with van der Waals surface area (Å²) in [5.74, 6) is 0.968. The first-order valence-electron chi connectivity index (χ1n) is 6.71. The normalized spacial score (nSPS) is 12.4. The zero-order valence-corrected chi connectivity index (χ0v) is 11.3. The molecule has 1 atom stereocenters. The molecule has 2 heteroatoms. The molecule has 1 aromatic carbocycles. The first-order chi connectivity index (χ1) is 8.26. The van der Waals surface area contributed by atoms with Crippen molar-refractivity contribution in [3.05, 3.63) is 29.8 Å². The molecule has 0 saturated heterocycles. The second kappa shape index (κ2) is 8.13. The number of hydrogen-bond donors (Lipinski definition) is 1. The van der Waals surface area contributed by atoms with Gasteiger partial charge in [-0.15, -0.1) is 0 Å². The van der Waals surface area contributed by atoms with E-state index in [0.29, 0.717) is 6.04 Å². The van der Waals surface area contributed by atoms with Crippen molar-refractivity contribution in [1.82, 2.24) is 5.32 Å². The minimum absolute atomic E-state index is 0.408. The standard InChI is InChI=1S/C15H25NO/c1-4-6-14-7-9-15(10-8-14)17-12-13(3)16-11-5-2/h7-10,13,16H,4-6,11-12H2,1-3H3. The van der Waals surface area contributed by atoms with Crippen molar-refractivity contribution < 1.29 is 4.74 Å². The van der Waals surface area contributed by atoms with Crippen LogP contribution in [0.3, 0.4) is 0 Å². The summed E-state index contributed by atoms with van der Waals surface area (Å²) in [6, 6.07) is 8.85. The highest BCUT2D eigenvalue weighted by molar-refractivity contribution is 5.27. The van der Waals surface area contributed by atoms with Crippen LogP contribution in [0.5, 0.6) is 5.75 Å². The van der Waals surface area contributed by atoms with Gasteiger partial charge in [0.2, 0.25) is 0 Å². The molecule has 0 amide bonds. The lowest BCUT2D eigenvalue weighted by molar-refractivity contribution is 0.273. The zero-order valence-electron chi connectivity index (χ0n) is 11.3. The second-order valence-corrected chi connectivity index (χ2v) is 4.56. The van der Waals surface area contributed by atoms with Gasteiger partial charge in [0.1, 0.15) is 12.4 Å². The Morgan fingerprint density at radius 3 is 2.41 bits per heavy atom. The van der Waals surface area contributed by atoms with E-state index in [1.165, 1.54) is 12.0 Å². The topological polar surface area (TPSA) is 21.3 Å². The number of ether oxygens (including phenoxy) is 1. The van der Waals surface area contributed by atoms with Crippen LogP contribution in [-0.2, 0) is 6.42 Å². The van der Waals surface area contributed by atoms with E-state index in [9.17, 15) is 0 Å². The maximum Gasteiger partial charge on any atom is 0.119 e. The Hall–Kier alpha value is -1.02. The highest BCUT2D eigenvalue weighted by Gasteiger charge is 2.01. The van der Waals surface area contributed by atoms with Crippen molar-refractivity contribution in [2.75, 3.05) is 13.2 Å². The number of rotatable bonds is 8. The van der Waals surface area contributed by atoms with Crippen molar-refractivity contribution in [1.29, 1.82) is 0 Å². The van der Waals surface area contributed by atoms with Gasteiger partial charge >= 0.3 is 0 Å². The second-order valence-electron chi connectivity index (χ2n) is 4.56. The molecule has 0 spiro atoms. The van der Waals surface area contributed by atoms with Crippen molar-refractivity contribution in [3.63, 3.8) is 0 Å². The number of hydrogen-bond acceptors (Lipinski definition) is 2.